The zero-order valence-electron chi connectivity index (χ0n) is 21.2. The fraction of sp³-hybridized carbons (Fsp3) is 0.200. The molecule has 0 aliphatic heterocycles. The molecule has 0 bridgehead atoms. The van der Waals surface area contributed by atoms with Gasteiger partial charge in [0.2, 0.25) is 0 Å². The second-order valence-corrected chi connectivity index (χ2v) is 15.5. The molecule has 0 spiro atoms. The third-order valence-corrected chi connectivity index (χ3v) is 14.4. The third-order valence-electron chi connectivity index (χ3n) is 6.74. The number of benzene rings is 4. The Kier molecular flexibility index (Phi) is 9.08. The predicted molar refractivity (Wildman–Crippen MR) is 154 cm³/mol. The topological polar surface area (TPSA) is 36.9 Å². The number of hydrogen-bond donors (Lipinski definition) is 0. The Morgan fingerprint density at radius 3 is 1.31 bits per heavy atom. The van der Waals surface area contributed by atoms with E-state index < -0.39 is 16.1 Å². The molecule has 0 heterocycles. The van der Waals surface area contributed by atoms with Gasteiger partial charge in [0.25, 0.3) is 0 Å². The van der Waals surface area contributed by atoms with Crippen LogP contribution in [0, 0.1) is 0 Å². The van der Waals surface area contributed by atoms with Gasteiger partial charge in [0, 0.05) is 0 Å². The van der Waals surface area contributed by atoms with Crippen molar-refractivity contribution in [2.75, 3.05) is 27.9 Å². The summed E-state index contributed by atoms with van der Waals surface area (Å²) >= 11 is 0. The van der Waals surface area contributed by atoms with E-state index in [1.807, 2.05) is 0 Å². The molecule has 0 amide bonds. The van der Waals surface area contributed by atoms with Crippen LogP contribution in [0.2, 0.25) is 6.04 Å². The van der Waals surface area contributed by atoms with Crippen molar-refractivity contribution in [1.82, 2.24) is 0 Å². The summed E-state index contributed by atoms with van der Waals surface area (Å²) in [6.07, 6.45) is 0.792. The molecule has 0 saturated heterocycles. The first-order chi connectivity index (χ1) is 17.7. The van der Waals surface area contributed by atoms with Crippen molar-refractivity contribution in [3.63, 3.8) is 0 Å². The number of hydrogen-bond acceptors (Lipinski definition) is 4. The molecule has 0 fully saturated rings. The average molecular weight is 519 g/mol. The summed E-state index contributed by atoms with van der Waals surface area (Å²) in [5.74, 6) is 0.857. The van der Waals surface area contributed by atoms with Gasteiger partial charge < -0.3 is 0 Å². The van der Waals surface area contributed by atoms with E-state index in [-0.39, 0.29) is 0 Å². The van der Waals surface area contributed by atoms with Gasteiger partial charge in [-0.2, -0.15) is 0 Å². The Morgan fingerprint density at radius 1 is 0.528 bits per heavy atom. The summed E-state index contributed by atoms with van der Waals surface area (Å²) in [4.78, 5) is 0. The minimum atomic E-state index is -2.58. The van der Waals surface area contributed by atoms with Gasteiger partial charge in [0.05, 0.1) is 0 Å². The normalized spacial score (nSPS) is 12.3. The third kappa shape index (κ3) is 5.46. The molecule has 0 saturated carbocycles. The van der Waals surface area contributed by atoms with Crippen molar-refractivity contribution < 1.29 is 18.0 Å². The standard InChI is InChI=1S/C30H35O4PSi/c1-31-36(32-2,33-3)25-13-24-34-26-20-22-30(23-21-26)35(27-14-7-4-8-15-27,28-16-9-5-10-17-28)29-18-11-6-12-19-29/h4-12,14-23,35H,13,24-25H2,1-3H3. The number of ether oxygens (including phenoxy) is 1. The summed E-state index contributed by atoms with van der Waals surface area (Å²) in [5, 5.41) is 5.39. The van der Waals surface area contributed by atoms with Gasteiger partial charge in [-0.05, 0) is 0 Å². The zero-order chi connectivity index (χ0) is 25.3. The summed E-state index contributed by atoms with van der Waals surface area (Å²) < 4.78 is 22.6. The molecular weight excluding hydrogens is 483 g/mol. The van der Waals surface area contributed by atoms with Crippen molar-refractivity contribution in [1.29, 1.82) is 0 Å². The molecule has 4 nitrogen and oxygen atoms in total. The Bertz CT molecular complexity index is 1080. The van der Waals surface area contributed by atoms with Crippen LogP contribution in [-0.2, 0) is 13.3 Å². The van der Waals surface area contributed by atoms with Crippen molar-refractivity contribution in [2.45, 2.75) is 12.5 Å². The van der Waals surface area contributed by atoms with E-state index in [0.29, 0.717) is 12.7 Å². The van der Waals surface area contributed by atoms with Crippen molar-refractivity contribution in [3.8, 4) is 5.75 Å². The molecule has 6 heteroatoms. The average Bonchev–Trinajstić information content (AvgIpc) is 2.96. The zero-order valence-corrected chi connectivity index (χ0v) is 23.2. The second kappa shape index (κ2) is 12.4. The van der Waals surface area contributed by atoms with Crippen LogP contribution >= 0.6 is 7.26 Å². The van der Waals surface area contributed by atoms with Gasteiger partial charge in [-0.25, -0.2) is 0 Å². The second-order valence-electron chi connectivity index (χ2n) is 8.62. The summed E-state index contributed by atoms with van der Waals surface area (Å²) in [6, 6.07) is 42.1. The SMILES string of the molecule is CO[Si](CCCOc1ccc([PH](c2ccccc2)(c2ccccc2)c2ccccc2)cc1)(OC)OC. The van der Waals surface area contributed by atoms with Crippen molar-refractivity contribution in [2.24, 2.45) is 0 Å². The van der Waals surface area contributed by atoms with E-state index >= 15 is 0 Å². The van der Waals surface area contributed by atoms with Crippen LogP contribution in [0.25, 0.3) is 0 Å². The van der Waals surface area contributed by atoms with E-state index in [1.54, 1.807) is 21.3 Å². The molecule has 36 heavy (non-hydrogen) atoms. The molecule has 188 valence electrons. The molecule has 0 N–H and O–H groups in total. The van der Waals surface area contributed by atoms with Gasteiger partial charge >= 0.3 is 217 Å². The Hall–Kier alpha value is -2.79. The van der Waals surface area contributed by atoms with E-state index in [0.717, 1.165) is 12.2 Å². The van der Waals surface area contributed by atoms with Gasteiger partial charge in [0.15, 0.2) is 0 Å². The van der Waals surface area contributed by atoms with Crippen LogP contribution in [0.3, 0.4) is 0 Å². The van der Waals surface area contributed by atoms with Crippen LogP contribution in [0.4, 0.5) is 0 Å². The molecule has 0 radical (unpaired) electrons. The van der Waals surface area contributed by atoms with Crippen LogP contribution in [0.15, 0.2) is 115 Å². The van der Waals surface area contributed by atoms with Crippen molar-refractivity contribution in [3.05, 3.63) is 115 Å². The Balaban J connectivity index is 1.67. The molecule has 0 atom stereocenters. The van der Waals surface area contributed by atoms with Gasteiger partial charge in [-0.3, -0.25) is 0 Å². The van der Waals surface area contributed by atoms with Crippen LogP contribution < -0.4 is 26.0 Å². The van der Waals surface area contributed by atoms with E-state index in [4.69, 9.17) is 18.0 Å². The maximum atomic E-state index is 6.09. The van der Waals surface area contributed by atoms with Crippen LogP contribution in [0.1, 0.15) is 6.42 Å². The Morgan fingerprint density at radius 2 is 0.917 bits per heavy atom. The monoisotopic (exact) mass is 518 g/mol. The first-order valence-corrected chi connectivity index (χ1v) is 16.2. The first-order valence-electron chi connectivity index (χ1n) is 12.2. The minimum absolute atomic E-state index is 0.572. The molecule has 4 aromatic rings. The number of rotatable bonds is 12. The van der Waals surface area contributed by atoms with Crippen LogP contribution in [0.5, 0.6) is 5.75 Å². The van der Waals surface area contributed by atoms with Crippen LogP contribution in [-0.4, -0.2) is 36.7 Å². The summed E-state index contributed by atoms with van der Waals surface area (Å²) in [6.45, 7) is 0.572. The Labute approximate surface area is 216 Å². The predicted octanol–water partition coefficient (Wildman–Crippen LogP) is 4.69. The maximum absolute atomic E-state index is 6.09. The molecule has 0 aliphatic rings. The summed E-state index contributed by atoms with van der Waals surface area (Å²) in [7, 11) is -0.156. The van der Waals surface area contributed by atoms with Gasteiger partial charge in [-0.15, -0.1) is 0 Å². The molecular formula is C30H35O4PSi. The molecule has 0 aliphatic carbocycles. The van der Waals surface area contributed by atoms with Crippen molar-refractivity contribution >= 4 is 37.3 Å². The fourth-order valence-corrected chi connectivity index (χ4v) is 11.3. The van der Waals surface area contributed by atoms with Gasteiger partial charge in [-0.1, -0.05) is 0 Å². The molecule has 0 unspecified atom stereocenters. The van der Waals surface area contributed by atoms with Gasteiger partial charge in [0.1, 0.15) is 0 Å². The van der Waals surface area contributed by atoms with E-state index in [2.05, 4.69) is 115 Å². The summed E-state index contributed by atoms with van der Waals surface area (Å²) in [5.41, 5.74) is 0. The molecule has 0 aromatic heterocycles. The quantitative estimate of drug-likeness (QED) is 0.155. The first kappa shape index (κ1) is 26.3. The van der Waals surface area contributed by atoms with E-state index in [9.17, 15) is 0 Å². The van der Waals surface area contributed by atoms with E-state index in [1.165, 1.54) is 21.2 Å². The molecule has 4 rings (SSSR count). The molecule has 4 aromatic carbocycles. The fourth-order valence-electron chi connectivity index (χ4n) is 4.90.